The van der Waals surface area contributed by atoms with Crippen molar-refractivity contribution in [3.8, 4) is 18.4 Å². The van der Waals surface area contributed by atoms with Crippen LogP contribution in [0.2, 0.25) is 0 Å². The summed E-state index contributed by atoms with van der Waals surface area (Å²) in [6.07, 6.45) is 6.69. The van der Waals surface area contributed by atoms with Crippen LogP contribution >= 0.6 is 11.3 Å². The van der Waals surface area contributed by atoms with Crippen molar-refractivity contribution in [3.63, 3.8) is 0 Å². The molecule has 0 aliphatic carbocycles. The first-order chi connectivity index (χ1) is 18.3. The van der Waals surface area contributed by atoms with Gasteiger partial charge < -0.3 is 20.9 Å². The molecular weight excluding hydrogens is 500 g/mol. The SMILES string of the molecule is C#CCNC(=O)C(C#N)=c1sc(=CNc2cccc(NC(=O)CN(C)c3cccc(C)c3)c2)c(=O)n1CC. The predicted octanol–water partition coefficient (Wildman–Crippen LogP) is 1.59. The highest BCUT2D eigenvalue weighted by molar-refractivity contribution is 7.07. The lowest BCUT2D eigenvalue weighted by molar-refractivity contribution is -0.116. The van der Waals surface area contributed by atoms with E-state index < -0.39 is 5.91 Å². The number of hydrogen-bond donors (Lipinski definition) is 3. The van der Waals surface area contributed by atoms with E-state index in [-0.39, 0.29) is 41.3 Å². The highest BCUT2D eigenvalue weighted by Gasteiger charge is 2.15. The number of rotatable bonds is 9. The lowest BCUT2D eigenvalue weighted by atomic mass is 10.2. The van der Waals surface area contributed by atoms with Crippen molar-refractivity contribution in [2.24, 2.45) is 0 Å². The number of carbonyl (C=O) groups excluding carboxylic acids is 2. The zero-order valence-corrected chi connectivity index (χ0v) is 22.2. The van der Waals surface area contributed by atoms with Crippen molar-refractivity contribution >= 4 is 52.0 Å². The fourth-order valence-corrected chi connectivity index (χ4v) is 4.70. The minimum atomic E-state index is -0.634. The number of thiazole rings is 1. The average molecular weight is 529 g/mol. The zero-order valence-electron chi connectivity index (χ0n) is 21.4. The molecule has 2 aromatic carbocycles. The molecule has 38 heavy (non-hydrogen) atoms. The van der Waals surface area contributed by atoms with Crippen LogP contribution in [0.3, 0.4) is 0 Å². The molecule has 1 aromatic heterocycles. The summed E-state index contributed by atoms with van der Waals surface area (Å²) in [5, 5.41) is 17.9. The maximum atomic E-state index is 12.9. The van der Waals surface area contributed by atoms with Gasteiger partial charge in [-0.2, -0.15) is 5.26 Å². The quantitative estimate of drug-likeness (QED) is 0.363. The molecule has 3 aromatic rings. The Balaban J connectivity index is 1.79. The molecule has 0 aliphatic rings. The van der Waals surface area contributed by atoms with Crippen LogP contribution in [0.15, 0.2) is 53.3 Å². The average Bonchev–Trinajstić information content (AvgIpc) is 3.21. The van der Waals surface area contributed by atoms with Crippen LogP contribution in [0, 0.1) is 30.6 Å². The first-order valence-corrected chi connectivity index (χ1v) is 12.6. The minimum absolute atomic E-state index is 0.0264. The zero-order chi connectivity index (χ0) is 27.7. The fourth-order valence-electron chi connectivity index (χ4n) is 3.62. The number of aryl methyl sites for hydroxylation is 1. The molecule has 0 atom stereocenters. The minimum Gasteiger partial charge on any atom is -0.365 e. The number of carbonyl (C=O) groups is 2. The van der Waals surface area contributed by atoms with Gasteiger partial charge in [-0.3, -0.25) is 19.0 Å². The summed E-state index contributed by atoms with van der Waals surface area (Å²) in [6, 6.07) is 16.9. The molecule has 0 unspecified atom stereocenters. The number of amides is 2. The number of nitriles is 1. The third-order valence-electron chi connectivity index (χ3n) is 5.47. The first-order valence-electron chi connectivity index (χ1n) is 11.8. The molecule has 0 bridgehead atoms. The summed E-state index contributed by atoms with van der Waals surface area (Å²) >= 11 is 1.03. The number of nitrogens with zero attached hydrogens (tertiary/aromatic N) is 3. The molecule has 0 spiro atoms. The van der Waals surface area contributed by atoms with Gasteiger partial charge in [0.05, 0.1) is 13.1 Å². The van der Waals surface area contributed by atoms with Gasteiger partial charge in [0, 0.05) is 36.9 Å². The van der Waals surface area contributed by atoms with Crippen molar-refractivity contribution in [3.05, 3.63) is 73.6 Å². The van der Waals surface area contributed by atoms with Crippen LogP contribution in [0.5, 0.6) is 0 Å². The van der Waals surface area contributed by atoms with E-state index in [9.17, 15) is 19.6 Å². The van der Waals surface area contributed by atoms with Crippen molar-refractivity contribution in [2.45, 2.75) is 20.4 Å². The highest BCUT2D eigenvalue weighted by Crippen LogP contribution is 2.17. The van der Waals surface area contributed by atoms with Gasteiger partial charge in [-0.15, -0.1) is 17.8 Å². The Bertz CT molecular complexity index is 1610. The van der Waals surface area contributed by atoms with Crippen molar-refractivity contribution < 1.29 is 9.59 Å². The second-order valence-corrected chi connectivity index (χ2v) is 9.34. The smallest absolute Gasteiger partial charge is 0.270 e. The number of nitrogens with one attached hydrogen (secondary N) is 3. The van der Waals surface area contributed by atoms with Crippen molar-refractivity contribution in [2.75, 3.05) is 35.7 Å². The van der Waals surface area contributed by atoms with E-state index >= 15 is 0 Å². The Labute approximate surface area is 224 Å². The Kier molecular flexibility index (Phi) is 9.47. The second kappa shape index (κ2) is 12.9. The summed E-state index contributed by atoms with van der Waals surface area (Å²) in [7, 11) is 1.85. The molecule has 1 heterocycles. The standard InChI is InChI=1S/C28H28N6O3S/c1-5-13-30-26(36)23(16-29)28-34(6-2)27(37)24(38-28)17-31-20-10-8-11-21(15-20)32-25(35)18-33(4)22-12-7-9-19(3)14-22/h1,7-12,14-15,17,31H,6,13,18H2,2-4H3,(H,30,36)(H,32,35). The number of hydrogen-bond acceptors (Lipinski definition) is 7. The molecule has 10 heteroatoms. The monoisotopic (exact) mass is 528 g/mol. The molecule has 0 aliphatic heterocycles. The highest BCUT2D eigenvalue weighted by atomic mass is 32.1. The molecule has 3 N–H and O–H groups in total. The third kappa shape index (κ3) is 6.90. The topological polar surface area (TPSA) is 119 Å². The van der Waals surface area contributed by atoms with E-state index in [1.54, 1.807) is 31.2 Å². The number of aromatic nitrogens is 1. The van der Waals surface area contributed by atoms with Gasteiger partial charge in [-0.05, 0) is 49.7 Å². The van der Waals surface area contributed by atoms with Gasteiger partial charge in [0.2, 0.25) is 5.91 Å². The van der Waals surface area contributed by atoms with Gasteiger partial charge in [-0.1, -0.05) is 24.1 Å². The van der Waals surface area contributed by atoms with Gasteiger partial charge >= 0.3 is 0 Å². The summed E-state index contributed by atoms with van der Waals surface area (Å²) in [6.45, 7) is 4.19. The van der Waals surface area contributed by atoms with Crippen molar-refractivity contribution in [1.29, 1.82) is 5.26 Å². The van der Waals surface area contributed by atoms with Crippen LogP contribution in [-0.4, -0.2) is 36.5 Å². The molecule has 0 saturated heterocycles. The van der Waals surface area contributed by atoms with E-state index in [1.807, 2.05) is 49.2 Å². The summed E-state index contributed by atoms with van der Waals surface area (Å²) in [5.74, 6) is 1.47. The summed E-state index contributed by atoms with van der Waals surface area (Å²) in [4.78, 5) is 39.7. The molecule has 3 rings (SSSR count). The second-order valence-electron chi connectivity index (χ2n) is 8.31. The fraction of sp³-hybridized carbons (Fsp3) is 0.214. The largest absolute Gasteiger partial charge is 0.365 e. The van der Waals surface area contributed by atoms with Crippen LogP contribution in [0.25, 0.3) is 11.8 Å². The van der Waals surface area contributed by atoms with Crippen molar-refractivity contribution in [1.82, 2.24) is 9.88 Å². The Hall–Kier alpha value is -4.80. The Morgan fingerprint density at radius 2 is 1.92 bits per heavy atom. The number of likely N-dealkylation sites (N-methyl/N-ethyl adjacent to an activating group) is 1. The predicted molar refractivity (Wildman–Crippen MR) is 152 cm³/mol. The normalized spacial score (nSPS) is 11.7. The van der Waals surface area contributed by atoms with Gasteiger partial charge in [-0.25, -0.2) is 0 Å². The Morgan fingerprint density at radius 3 is 2.61 bits per heavy atom. The van der Waals surface area contributed by atoms with Gasteiger partial charge in [0.15, 0.2) is 5.57 Å². The van der Waals surface area contributed by atoms with Gasteiger partial charge in [0.1, 0.15) is 15.3 Å². The van der Waals surface area contributed by atoms with Crippen LogP contribution in [0.4, 0.5) is 17.1 Å². The third-order valence-corrected chi connectivity index (χ3v) is 6.60. The van der Waals surface area contributed by atoms with Crippen LogP contribution in [-0.2, 0) is 16.1 Å². The molecule has 9 nitrogen and oxygen atoms in total. The van der Waals surface area contributed by atoms with E-state index in [4.69, 9.17) is 6.42 Å². The Morgan fingerprint density at radius 1 is 1.18 bits per heavy atom. The van der Waals surface area contributed by atoms with E-state index in [0.717, 1.165) is 22.6 Å². The first kappa shape index (κ1) is 27.8. The summed E-state index contributed by atoms with van der Waals surface area (Å²) < 4.78 is 1.93. The molecule has 0 saturated carbocycles. The van der Waals surface area contributed by atoms with E-state index in [0.29, 0.717) is 15.9 Å². The van der Waals surface area contributed by atoms with Gasteiger partial charge in [0.25, 0.3) is 11.5 Å². The molecule has 0 radical (unpaired) electrons. The summed E-state index contributed by atoms with van der Waals surface area (Å²) in [5.41, 5.74) is 2.79. The maximum absolute atomic E-state index is 12.9. The lowest BCUT2D eigenvalue weighted by Crippen LogP contribution is -2.34. The van der Waals surface area contributed by atoms with Crippen LogP contribution in [0.1, 0.15) is 12.5 Å². The number of terminal acetylenes is 1. The molecule has 194 valence electrons. The molecular formula is C28H28N6O3S. The lowest BCUT2D eigenvalue weighted by Gasteiger charge is -2.19. The number of anilines is 3. The number of benzene rings is 2. The van der Waals surface area contributed by atoms with E-state index in [1.165, 1.54) is 10.8 Å². The molecule has 0 fully saturated rings. The molecule has 2 amide bonds. The van der Waals surface area contributed by atoms with E-state index in [2.05, 4.69) is 21.9 Å². The van der Waals surface area contributed by atoms with Crippen LogP contribution < -0.4 is 35.6 Å². The maximum Gasteiger partial charge on any atom is 0.270 e.